The van der Waals surface area contributed by atoms with Crippen molar-refractivity contribution in [1.29, 1.82) is 0 Å². The number of anilines is 1. The number of hydrogen-bond donors (Lipinski definition) is 2. The first-order valence-electron chi connectivity index (χ1n) is 4.63. The number of rotatable bonds is 2. The molecule has 1 aromatic heterocycles. The van der Waals surface area contributed by atoms with Crippen LogP contribution in [0.25, 0.3) is 10.4 Å². The number of halogens is 2. The normalized spacial score (nSPS) is 10.5. The largest absolute Gasteiger partial charge is 0.390 e. The highest BCUT2D eigenvalue weighted by Crippen LogP contribution is 2.38. The summed E-state index contributed by atoms with van der Waals surface area (Å²) in [4.78, 5) is 11.9. The molecule has 17 heavy (non-hydrogen) atoms. The molecule has 0 radical (unpaired) electrons. The first-order chi connectivity index (χ1) is 7.99. The van der Waals surface area contributed by atoms with Crippen LogP contribution in [-0.4, -0.2) is 5.91 Å². The smallest absolute Gasteiger partial charge is 0.251 e. The monoisotopic (exact) mass is 286 g/mol. The lowest BCUT2D eigenvalue weighted by Crippen LogP contribution is -2.11. The number of nitrogens with two attached hydrogens (primary N) is 2. The zero-order valence-electron chi connectivity index (χ0n) is 8.54. The molecule has 4 N–H and O–H groups in total. The van der Waals surface area contributed by atoms with Gasteiger partial charge in [0.1, 0.15) is 0 Å². The molecule has 6 heteroatoms. The molecule has 0 aliphatic heterocycles. The lowest BCUT2D eigenvalue weighted by atomic mass is 10.1. The average molecular weight is 287 g/mol. The van der Waals surface area contributed by atoms with Gasteiger partial charge in [0.15, 0.2) is 0 Å². The number of amides is 1. The van der Waals surface area contributed by atoms with Crippen molar-refractivity contribution in [2.24, 2.45) is 5.73 Å². The van der Waals surface area contributed by atoms with Crippen LogP contribution >= 0.6 is 34.5 Å². The molecule has 3 nitrogen and oxygen atoms in total. The lowest BCUT2D eigenvalue weighted by molar-refractivity contribution is 0.100. The molecular weight excluding hydrogens is 279 g/mol. The molecule has 0 unspecified atom stereocenters. The van der Waals surface area contributed by atoms with Gasteiger partial charge in [-0.1, -0.05) is 23.2 Å². The van der Waals surface area contributed by atoms with E-state index >= 15 is 0 Å². The Hall–Kier alpha value is -1.23. The summed E-state index contributed by atoms with van der Waals surface area (Å²) in [6, 6.07) is 6.73. The maximum Gasteiger partial charge on any atom is 0.251 e. The number of benzene rings is 1. The fraction of sp³-hybridized carbons (Fsp3) is 0. The SMILES string of the molecule is NC(=O)c1cc(-c2cc(Cl)ccc2Cl)sc1N. The van der Waals surface area contributed by atoms with Crippen LogP contribution in [0.1, 0.15) is 10.4 Å². The van der Waals surface area contributed by atoms with Gasteiger partial charge in [-0.15, -0.1) is 11.3 Å². The molecule has 0 atom stereocenters. The van der Waals surface area contributed by atoms with Gasteiger partial charge in [-0.05, 0) is 24.3 Å². The van der Waals surface area contributed by atoms with Gasteiger partial charge in [0.05, 0.1) is 10.6 Å². The van der Waals surface area contributed by atoms with Crippen molar-refractivity contribution in [3.63, 3.8) is 0 Å². The van der Waals surface area contributed by atoms with Crippen LogP contribution in [0.15, 0.2) is 24.3 Å². The lowest BCUT2D eigenvalue weighted by Gasteiger charge is -2.01. The number of carbonyl (C=O) groups is 1. The van der Waals surface area contributed by atoms with Crippen LogP contribution in [0, 0.1) is 0 Å². The molecule has 0 saturated carbocycles. The first kappa shape index (κ1) is 12.2. The Morgan fingerprint density at radius 2 is 1.94 bits per heavy atom. The van der Waals surface area contributed by atoms with Gasteiger partial charge in [-0.3, -0.25) is 4.79 Å². The minimum atomic E-state index is -0.553. The number of thiophene rings is 1. The predicted molar refractivity (Wildman–Crippen MR) is 72.7 cm³/mol. The van der Waals surface area contributed by atoms with E-state index in [0.29, 0.717) is 20.6 Å². The second-order valence-corrected chi connectivity index (χ2v) is 5.30. The zero-order chi connectivity index (χ0) is 12.6. The van der Waals surface area contributed by atoms with E-state index in [1.54, 1.807) is 24.3 Å². The van der Waals surface area contributed by atoms with Crippen LogP contribution in [0.4, 0.5) is 5.00 Å². The Morgan fingerprint density at radius 1 is 1.24 bits per heavy atom. The molecule has 0 aliphatic rings. The van der Waals surface area contributed by atoms with Gasteiger partial charge in [0, 0.05) is 20.5 Å². The standard InChI is InChI=1S/C11H8Cl2N2OS/c12-5-1-2-8(13)6(3-5)9-4-7(10(14)16)11(15)17-9/h1-4H,15H2,(H2,14,16). The summed E-state index contributed by atoms with van der Waals surface area (Å²) < 4.78 is 0. The van der Waals surface area contributed by atoms with E-state index in [1.165, 1.54) is 11.3 Å². The van der Waals surface area contributed by atoms with E-state index in [-0.39, 0.29) is 0 Å². The van der Waals surface area contributed by atoms with Crippen molar-refractivity contribution in [2.45, 2.75) is 0 Å². The van der Waals surface area contributed by atoms with Crippen LogP contribution in [0.3, 0.4) is 0 Å². The summed E-state index contributed by atoms with van der Waals surface area (Å²) in [6.45, 7) is 0. The van der Waals surface area contributed by atoms with Gasteiger partial charge >= 0.3 is 0 Å². The van der Waals surface area contributed by atoms with Crippen LogP contribution in [-0.2, 0) is 0 Å². The fourth-order valence-electron chi connectivity index (χ4n) is 1.42. The third-order valence-corrected chi connectivity index (χ3v) is 3.78. The average Bonchev–Trinajstić information content (AvgIpc) is 2.64. The molecule has 0 bridgehead atoms. The van der Waals surface area contributed by atoms with Crippen molar-refractivity contribution >= 4 is 45.4 Å². The number of primary amides is 1. The molecule has 0 saturated heterocycles. The van der Waals surface area contributed by atoms with Crippen molar-refractivity contribution in [1.82, 2.24) is 0 Å². The highest BCUT2D eigenvalue weighted by Gasteiger charge is 2.14. The van der Waals surface area contributed by atoms with Gasteiger partial charge < -0.3 is 11.5 Å². The minimum Gasteiger partial charge on any atom is -0.390 e. The van der Waals surface area contributed by atoms with E-state index in [9.17, 15) is 4.79 Å². The van der Waals surface area contributed by atoms with Gasteiger partial charge in [0.2, 0.25) is 0 Å². The Morgan fingerprint density at radius 3 is 2.53 bits per heavy atom. The van der Waals surface area contributed by atoms with Crippen LogP contribution in [0.5, 0.6) is 0 Å². The van der Waals surface area contributed by atoms with Crippen molar-refractivity contribution in [2.75, 3.05) is 5.73 Å². The minimum absolute atomic E-state index is 0.307. The Bertz CT molecular complexity index is 595. The van der Waals surface area contributed by atoms with E-state index in [0.717, 1.165) is 10.4 Å². The summed E-state index contributed by atoms with van der Waals surface area (Å²) in [5.41, 5.74) is 12.0. The summed E-state index contributed by atoms with van der Waals surface area (Å²) >= 11 is 13.2. The molecule has 1 heterocycles. The van der Waals surface area contributed by atoms with Gasteiger partial charge in [0.25, 0.3) is 5.91 Å². The molecule has 2 rings (SSSR count). The molecule has 1 amide bonds. The zero-order valence-corrected chi connectivity index (χ0v) is 10.9. The number of carbonyl (C=O) groups excluding carboxylic acids is 1. The summed E-state index contributed by atoms with van der Waals surface area (Å²) in [6.07, 6.45) is 0. The van der Waals surface area contributed by atoms with E-state index in [1.807, 2.05) is 0 Å². The summed E-state index contributed by atoms with van der Waals surface area (Å²) in [5, 5.41) is 1.49. The van der Waals surface area contributed by atoms with Gasteiger partial charge in [-0.25, -0.2) is 0 Å². The van der Waals surface area contributed by atoms with E-state index in [2.05, 4.69) is 0 Å². The van der Waals surface area contributed by atoms with Crippen LogP contribution in [0.2, 0.25) is 10.0 Å². The maximum atomic E-state index is 11.1. The molecule has 88 valence electrons. The summed E-state index contributed by atoms with van der Waals surface area (Å²) in [5.74, 6) is -0.553. The maximum absolute atomic E-state index is 11.1. The van der Waals surface area contributed by atoms with E-state index < -0.39 is 5.91 Å². The molecule has 0 fully saturated rings. The topological polar surface area (TPSA) is 69.1 Å². The van der Waals surface area contributed by atoms with E-state index in [4.69, 9.17) is 34.7 Å². The third-order valence-electron chi connectivity index (χ3n) is 2.22. The van der Waals surface area contributed by atoms with Crippen LogP contribution < -0.4 is 11.5 Å². The Labute approximate surface area is 112 Å². The number of hydrogen-bond acceptors (Lipinski definition) is 3. The Kier molecular flexibility index (Phi) is 3.28. The summed E-state index contributed by atoms with van der Waals surface area (Å²) in [7, 11) is 0. The van der Waals surface area contributed by atoms with Crippen molar-refractivity contribution in [3.05, 3.63) is 39.9 Å². The highest BCUT2D eigenvalue weighted by molar-refractivity contribution is 7.19. The molecule has 0 aliphatic carbocycles. The quantitative estimate of drug-likeness (QED) is 0.888. The second-order valence-electron chi connectivity index (χ2n) is 3.38. The van der Waals surface area contributed by atoms with Crippen molar-refractivity contribution < 1.29 is 4.79 Å². The third kappa shape index (κ3) is 2.39. The fourth-order valence-corrected chi connectivity index (χ4v) is 2.83. The van der Waals surface area contributed by atoms with Gasteiger partial charge in [-0.2, -0.15) is 0 Å². The molecule has 2 aromatic rings. The molecular formula is C11H8Cl2N2OS. The first-order valence-corrected chi connectivity index (χ1v) is 6.21. The highest BCUT2D eigenvalue weighted by atomic mass is 35.5. The Balaban J connectivity index is 2.57. The molecule has 1 aromatic carbocycles. The molecule has 0 spiro atoms. The number of nitrogen functional groups attached to an aromatic ring is 1. The predicted octanol–water partition coefficient (Wildman–Crippen LogP) is 3.40. The van der Waals surface area contributed by atoms with Crippen molar-refractivity contribution in [3.8, 4) is 10.4 Å². The second kappa shape index (κ2) is 4.56.